The van der Waals surface area contributed by atoms with Gasteiger partial charge in [0.2, 0.25) is 0 Å². The Kier molecular flexibility index (Phi) is 1.72. The Morgan fingerprint density at radius 1 is 1.00 bits per heavy atom. The van der Waals surface area contributed by atoms with Crippen molar-refractivity contribution in [1.82, 2.24) is 0 Å². The molecule has 0 aromatic heterocycles. The molecule has 0 saturated heterocycles. The maximum atomic E-state index is 2.33. The summed E-state index contributed by atoms with van der Waals surface area (Å²) < 4.78 is 0. The van der Waals surface area contributed by atoms with E-state index < -0.39 is 0 Å². The highest BCUT2D eigenvalue weighted by Crippen LogP contribution is 2.23. The number of hydrogen-bond donors (Lipinski definition) is 0. The van der Waals surface area contributed by atoms with Crippen molar-refractivity contribution in [1.29, 1.82) is 0 Å². The van der Waals surface area contributed by atoms with Gasteiger partial charge < -0.3 is 0 Å². The molecule has 1 aliphatic rings. The summed E-state index contributed by atoms with van der Waals surface area (Å²) in [5, 5.41) is 0. The molecule has 0 heterocycles. The Morgan fingerprint density at radius 2 is 1.38 bits per heavy atom. The molecule has 2 atom stereocenters. The third kappa shape index (κ3) is 1.12. The summed E-state index contributed by atoms with van der Waals surface area (Å²) >= 11 is 0. The van der Waals surface area contributed by atoms with Crippen LogP contribution in [0.5, 0.6) is 0 Å². The first-order valence-corrected chi connectivity index (χ1v) is 3.45. The lowest BCUT2D eigenvalue weighted by Gasteiger charge is -2.19. The third-order valence-electron chi connectivity index (χ3n) is 2.15. The highest BCUT2D eigenvalue weighted by Gasteiger charge is 2.11. The van der Waals surface area contributed by atoms with Crippen LogP contribution in [0, 0.1) is 11.8 Å². The quantitative estimate of drug-likeness (QED) is 0.420. The van der Waals surface area contributed by atoms with Crippen LogP contribution in [0.3, 0.4) is 0 Å². The zero-order valence-electron chi connectivity index (χ0n) is 5.72. The lowest BCUT2D eigenvalue weighted by Crippen LogP contribution is -2.08. The van der Waals surface area contributed by atoms with E-state index in [1.807, 2.05) is 0 Å². The molecular formula is C8H14. The van der Waals surface area contributed by atoms with E-state index in [0.29, 0.717) is 0 Å². The third-order valence-corrected chi connectivity index (χ3v) is 2.15. The first-order valence-electron chi connectivity index (χ1n) is 3.45. The lowest BCUT2D eigenvalue weighted by atomic mass is 9.86. The van der Waals surface area contributed by atoms with E-state index in [-0.39, 0.29) is 0 Å². The summed E-state index contributed by atoms with van der Waals surface area (Å²) in [5.41, 5.74) is 0. The molecule has 1 aliphatic carbocycles. The number of rotatable bonds is 0. The highest BCUT2D eigenvalue weighted by molar-refractivity contribution is 4.91. The topological polar surface area (TPSA) is 0 Å². The number of allylic oxidation sites excluding steroid dienone is 2. The summed E-state index contributed by atoms with van der Waals surface area (Å²) in [5.74, 6) is 1.83. The van der Waals surface area contributed by atoms with Gasteiger partial charge in [-0.1, -0.05) is 26.0 Å². The van der Waals surface area contributed by atoms with Crippen LogP contribution in [0.1, 0.15) is 26.7 Å². The molecule has 0 aliphatic heterocycles. The van der Waals surface area contributed by atoms with Gasteiger partial charge in [-0.05, 0) is 24.7 Å². The van der Waals surface area contributed by atoms with E-state index >= 15 is 0 Å². The molecule has 0 aromatic rings. The summed E-state index contributed by atoms with van der Waals surface area (Å²) in [4.78, 5) is 0. The van der Waals surface area contributed by atoms with Crippen LogP contribution in [0.2, 0.25) is 0 Å². The van der Waals surface area contributed by atoms with Crippen molar-refractivity contribution in [2.45, 2.75) is 26.7 Å². The van der Waals surface area contributed by atoms with Gasteiger partial charge in [-0.2, -0.15) is 0 Å². The zero-order chi connectivity index (χ0) is 5.98. The highest BCUT2D eigenvalue weighted by atomic mass is 14.2. The van der Waals surface area contributed by atoms with Crippen LogP contribution in [0.15, 0.2) is 12.2 Å². The van der Waals surface area contributed by atoms with E-state index in [0.717, 1.165) is 11.8 Å². The van der Waals surface area contributed by atoms with Crippen LogP contribution >= 0.6 is 0 Å². The molecule has 8 heavy (non-hydrogen) atoms. The fourth-order valence-corrected chi connectivity index (χ4v) is 1.09. The normalized spacial score (nSPS) is 37.8. The minimum absolute atomic E-state index is 0.917. The summed E-state index contributed by atoms with van der Waals surface area (Å²) in [7, 11) is 0. The van der Waals surface area contributed by atoms with E-state index in [9.17, 15) is 0 Å². The average molecular weight is 110 g/mol. The van der Waals surface area contributed by atoms with Gasteiger partial charge in [0.25, 0.3) is 0 Å². The first kappa shape index (κ1) is 5.87. The Bertz CT molecular complexity index is 80.2. The van der Waals surface area contributed by atoms with Gasteiger partial charge >= 0.3 is 0 Å². The van der Waals surface area contributed by atoms with Crippen LogP contribution < -0.4 is 0 Å². The largest absolute Gasteiger partial charge is 0.0883 e. The Hall–Kier alpha value is -0.260. The Balaban J connectivity index is 2.44. The maximum Gasteiger partial charge on any atom is -0.0322 e. The van der Waals surface area contributed by atoms with Gasteiger partial charge in [0.15, 0.2) is 0 Å². The van der Waals surface area contributed by atoms with E-state index in [1.165, 1.54) is 12.8 Å². The van der Waals surface area contributed by atoms with Gasteiger partial charge in [0.05, 0.1) is 0 Å². The van der Waals surface area contributed by atoms with Crippen molar-refractivity contribution in [3.05, 3.63) is 12.2 Å². The second kappa shape index (κ2) is 2.34. The van der Waals surface area contributed by atoms with E-state index in [2.05, 4.69) is 26.0 Å². The summed E-state index contributed by atoms with van der Waals surface area (Å²) in [6.07, 6.45) is 7.18. The predicted molar refractivity (Wildman–Crippen MR) is 36.7 cm³/mol. The average Bonchev–Trinajstić information content (AvgIpc) is 1.77. The van der Waals surface area contributed by atoms with Crippen LogP contribution in [0.4, 0.5) is 0 Å². The lowest BCUT2D eigenvalue weighted by molar-refractivity contribution is 0.380. The predicted octanol–water partition coefficient (Wildman–Crippen LogP) is 2.61. The molecule has 0 N–H and O–H groups in total. The minimum Gasteiger partial charge on any atom is -0.0883 e. The van der Waals surface area contributed by atoms with E-state index in [4.69, 9.17) is 0 Å². The van der Waals surface area contributed by atoms with E-state index in [1.54, 1.807) is 0 Å². The standard InChI is InChI=1S/C8H14/c1-7-5-3-4-6-8(7)2/h3-4,7-8H,5-6H2,1-2H3/t7-,8-/m0/s1. The summed E-state index contributed by atoms with van der Waals surface area (Å²) in [6.45, 7) is 4.66. The van der Waals surface area contributed by atoms with Gasteiger partial charge in [0, 0.05) is 0 Å². The molecular weight excluding hydrogens is 96.1 g/mol. The zero-order valence-corrected chi connectivity index (χ0v) is 5.72. The van der Waals surface area contributed by atoms with Crippen molar-refractivity contribution < 1.29 is 0 Å². The van der Waals surface area contributed by atoms with Crippen LogP contribution in [-0.2, 0) is 0 Å². The van der Waals surface area contributed by atoms with Crippen molar-refractivity contribution in [2.75, 3.05) is 0 Å². The molecule has 0 amide bonds. The van der Waals surface area contributed by atoms with Crippen LogP contribution in [0.25, 0.3) is 0 Å². The second-order valence-electron chi connectivity index (χ2n) is 2.90. The maximum absolute atomic E-state index is 2.33. The minimum atomic E-state index is 0.917. The van der Waals surface area contributed by atoms with Crippen molar-refractivity contribution in [2.24, 2.45) is 11.8 Å². The van der Waals surface area contributed by atoms with Gasteiger partial charge in [-0.25, -0.2) is 0 Å². The van der Waals surface area contributed by atoms with Gasteiger partial charge in [-0.3, -0.25) is 0 Å². The molecule has 0 saturated carbocycles. The molecule has 0 unspecified atom stereocenters. The molecule has 0 radical (unpaired) electrons. The molecule has 0 spiro atoms. The fraction of sp³-hybridized carbons (Fsp3) is 0.750. The molecule has 0 heteroatoms. The molecule has 1 rings (SSSR count). The smallest absolute Gasteiger partial charge is 0.0322 e. The Labute approximate surface area is 51.6 Å². The second-order valence-corrected chi connectivity index (χ2v) is 2.90. The molecule has 0 fully saturated rings. The Morgan fingerprint density at radius 3 is 1.62 bits per heavy atom. The molecule has 46 valence electrons. The van der Waals surface area contributed by atoms with Gasteiger partial charge in [0.1, 0.15) is 0 Å². The summed E-state index contributed by atoms with van der Waals surface area (Å²) in [6, 6.07) is 0. The van der Waals surface area contributed by atoms with Gasteiger partial charge in [-0.15, -0.1) is 0 Å². The molecule has 0 bridgehead atoms. The molecule has 0 aromatic carbocycles. The van der Waals surface area contributed by atoms with Crippen LogP contribution in [-0.4, -0.2) is 0 Å². The SMILES string of the molecule is C[C@H]1CC=CC[C@@H]1C. The first-order chi connectivity index (χ1) is 3.80. The van der Waals surface area contributed by atoms with Crippen molar-refractivity contribution in [3.63, 3.8) is 0 Å². The van der Waals surface area contributed by atoms with Crippen molar-refractivity contribution in [3.8, 4) is 0 Å². The number of hydrogen-bond acceptors (Lipinski definition) is 0. The van der Waals surface area contributed by atoms with Crippen molar-refractivity contribution >= 4 is 0 Å². The fourth-order valence-electron chi connectivity index (χ4n) is 1.09. The molecule has 0 nitrogen and oxygen atoms in total. The monoisotopic (exact) mass is 110 g/mol.